The van der Waals surface area contributed by atoms with Crippen molar-refractivity contribution in [3.05, 3.63) is 0 Å². The number of rotatable bonds is 6. The summed E-state index contributed by atoms with van der Waals surface area (Å²) in [5, 5.41) is 0. The Hall–Kier alpha value is -0.450. The van der Waals surface area contributed by atoms with Gasteiger partial charge >= 0.3 is 0 Å². The zero-order valence-corrected chi connectivity index (χ0v) is 16.7. The van der Waals surface area contributed by atoms with Crippen LogP contribution in [-0.2, 0) is 19.7 Å². The van der Waals surface area contributed by atoms with Crippen molar-refractivity contribution in [1.82, 2.24) is 13.5 Å². The molecule has 8 nitrogen and oxygen atoms in total. The normalized spacial score (nSPS) is 21.8. The molecule has 2 N–H and O–H groups in total. The summed E-state index contributed by atoms with van der Waals surface area (Å²) in [6, 6.07) is -0.596. The Morgan fingerprint density at radius 3 is 2.28 bits per heavy atom. The first-order valence-corrected chi connectivity index (χ1v) is 10.0. The highest BCUT2D eigenvalue weighted by atomic mass is 35.5. The standard InChI is InChI=1S/C15H30N4O4S.ClH/c1-17(13-6-4-3-5-7-13)24(21,22)19-10-8-18(9-11-19)15(20)14(16)12-23-2;/h13-14H,3-12,16H2,1-2H3;1H. The molecule has 1 atom stereocenters. The first-order valence-electron chi connectivity index (χ1n) is 8.64. The van der Waals surface area contributed by atoms with Gasteiger partial charge in [-0.1, -0.05) is 19.3 Å². The molecule has 1 saturated carbocycles. The molecule has 25 heavy (non-hydrogen) atoms. The van der Waals surface area contributed by atoms with Gasteiger partial charge in [-0.05, 0) is 12.8 Å². The molecule has 2 rings (SSSR count). The highest BCUT2D eigenvalue weighted by Crippen LogP contribution is 2.25. The molecule has 0 spiro atoms. The highest BCUT2D eigenvalue weighted by Gasteiger charge is 2.35. The molecule has 1 unspecified atom stereocenters. The van der Waals surface area contributed by atoms with E-state index in [2.05, 4.69) is 0 Å². The molecule has 10 heteroatoms. The van der Waals surface area contributed by atoms with E-state index in [1.54, 1.807) is 11.9 Å². The first-order chi connectivity index (χ1) is 11.4. The average Bonchev–Trinajstić information content (AvgIpc) is 2.61. The van der Waals surface area contributed by atoms with E-state index in [0.29, 0.717) is 26.2 Å². The number of nitrogens with zero attached hydrogens (tertiary/aromatic N) is 3. The van der Waals surface area contributed by atoms with Gasteiger partial charge in [-0.2, -0.15) is 17.0 Å². The second-order valence-electron chi connectivity index (χ2n) is 6.60. The summed E-state index contributed by atoms with van der Waals surface area (Å²) in [6.45, 7) is 1.53. The van der Waals surface area contributed by atoms with Crippen LogP contribution in [0.15, 0.2) is 0 Å². The van der Waals surface area contributed by atoms with E-state index in [1.807, 2.05) is 0 Å². The monoisotopic (exact) mass is 398 g/mol. The van der Waals surface area contributed by atoms with E-state index in [-0.39, 0.29) is 31.0 Å². The van der Waals surface area contributed by atoms with Gasteiger partial charge in [-0.25, -0.2) is 0 Å². The molecule has 2 fully saturated rings. The fourth-order valence-corrected chi connectivity index (χ4v) is 5.02. The average molecular weight is 399 g/mol. The van der Waals surface area contributed by atoms with Crippen LogP contribution in [0.4, 0.5) is 0 Å². The lowest BCUT2D eigenvalue weighted by Crippen LogP contribution is -2.57. The van der Waals surface area contributed by atoms with Gasteiger partial charge in [0.2, 0.25) is 5.91 Å². The van der Waals surface area contributed by atoms with E-state index in [0.717, 1.165) is 25.7 Å². The van der Waals surface area contributed by atoms with Gasteiger partial charge in [0.05, 0.1) is 6.61 Å². The summed E-state index contributed by atoms with van der Waals surface area (Å²) in [7, 11) is -0.292. The molecule has 1 heterocycles. The van der Waals surface area contributed by atoms with Crippen LogP contribution in [0.2, 0.25) is 0 Å². The Bertz CT molecular complexity index is 520. The van der Waals surface area contributed by atoms with Crippen LogP contribution >= 0.6 is 12.4 Å². The number of nitrogens with two attached hydrogens (primary N) is 1. The van der Waals surface area contributed by atoms with Crippen LogP contribution in [0.25, 0.3) is 0 Å². The third-order valence-corrected chi connectivity index (χ3v) is 7.04. The fourth-order valence-electron chi connectivity index (χ4n) is 3.44. The number of amides is 1. The number of carbonyl (C=O) groups excluding carboxylic acids is 1. The van der Waals surface area contributed by atoms with Gasteiger partial charge in [-0.3, -0.25) is 4.79 Å². The summed E-state index contributed by atoms with van der Waals surface area (Å²) >= 11 is 0. The molecule has 148 valence electrons. The number of carbonyl (C=O) groups is 1. The Morgan fingerprint density at radius 1 is 1.20 bits per heavy atom. The largest absolute Gasteiger partial charge is 0.383 e. The highest BCUT2D eigenvalue weighted by molar-refractivity contribution is 7.86. The second kappa shape index (κ2) is 10.0. The number of hydrogen-bond acceptors (Lipinski definition) is 5. The van der Waals surface area contributed by atoms with Crippen molar-refractivity contribution in [3.8, 4) is 0 Å². The molecular formula is C15H31ClN4O4S. The molecule has 1 aliphatic heterocycles. The Balaban J connectivity index is 0.00000312. The predicted molar refractivity (Wildman–Crippen MR) is 98.8 cm³/mol. The Morgan fingerprint density at radius 2 is 1.76 bits per heavy atom. The van der Waals surface area contributed by atoms with E-state index in [4.69, 9.17) is 10.5 Å². The Labute approximate surface area is 157 Å². The minimum absolute atomic E-state index is 0. The minimum Gasteiger partial charge on any atom is -0.383 e. The Kier molecular flexibility index (Phi) is 9.07. The topological polar surface area (TPSA) is 96.2 Å². The lowest BCUT2D eigenvalue weighted by molar-refractivity contribution is -0.135. The molecule has 1 aliphatic carbocycles. The summed E-state index contributed by atoms with van der Waals surface area (Å²) in [6.07, 6.45) is 5.22. The predicted octanol–water partition coefficient (Wildman–Crippen LogP) is 0.0354. The van der Waals surface area contributed by atoms with Crippen LogP contribution in [0.3, 0.4) is 0 Å². The molecule has 1 amide bonds. The number of halogens is 1. The molecule has 2 aliphatic rings. The maximum absolute atomic E-state index is 12.8. The van der Waals surface area contributed by atoms with Crippen molar-refractivity contribution in [3.63, 3.8) is 0 Å². The van der Waals surface area contributed by atoms with Crippen LogP contribution in [0, 0.1) is 0 Å². The number of hydrogen-bond donors (Lipinski definition) is 1. The smallest absolute Gasteiger partial charge is 0.282 e. The van der Waals surface area contributed by atoms with Gasteiger partial charge in [0.1, 0.15) is 6.04 Å². The number of piperazine rings is 1. The van der Waals surface area contributed by atoms with Crippen LogP contribution < -0.4 is 5.73 Å². The van der Waals surface area contributed by atoms with Gasteiger partial charge < -0.3 is 15.4 Å². The van der Waals surface area contributed by atoms with Crippen LogP contribution in [0.1, 0.15) is 32.1 Å². The summed E-state index contributed by atoms with van der Waals surface area (Å²) < 4.78 is 33.5. The molecule has 0 aromatic carbocycles. The zero-order chi connectivity index (χ0) is 17.7. The van der Waals surface area contributed by atoms with Gasteiger partial charge in [0.25, 0.3) is 10.2 Å². The van der Waals surface area contributed by atoms with Gasteiger partial charge in [-0.15, -0.1) is 12.4 Å². The van der Waals surface area contributed by atoms with Crippen LogP contribution in [0.5, 0.6) is 0 Å². The quantitative estimate of drug-likeness (QED) is 0.681. The van der Waals surface area contributed by atoms with E-state index in [9.17, 15) is 13.2 Å². The molecule has 0 bridgehead atoms. The lowest BCUT2D eigenvalue weighted by Gasteiger charge is -2.39. The first kappa shape index (κ1) is 22.6. The summed E-state index contributed by atoms with van der Waals surface area (Å²) in [5.74, 6) is -0.186. The molecule has 0 aromatic heterocycles. The van der Waals surface area contributed by atoms with Gasteiger partial charge in [0, 0.05) is 46.4 Å². The van der Waals surface area contributed by atoms with Crippen molar-refractivity contribution in [2.45, 2.75) is 44.2 Å². The van der Waals surface area contributed by atoms with Crippen molar-refractivity contribution >= 4 is 28.5 Å². The van der Waals surface area contributed by atoms with E-state index < -0.39 is 16.3 Å². The summed E-state index contributed by atoms with van der Waals surface area (Å²) in [5.41, 5.74) is 5.77. The third kappa shape index (κ3) is 5.51. The van der Waals surface area contributed by atoms with Crippen molar-refractivity contribution in [1.29, 1.82) is 0 Å². The van der Waals surface area contributed by atoms with Crippen molar-refractivity contribution in [2.75, 3.05) is 46.9 Å². The molecular weight excluding hydrogens is 368 g/mol. The van der Waals surface area contributed by atoms with Crippen LogP contribution in [-0.4, -0.2) is 86.9 Å². The molecule has 0 aromatic rings. The van der Waals surface area contributed by atoms with Crippen molar-refractivity contribution in [2.24, 2.45) is 5.73 Å². The maximum atomic E-state index is 12.8. The van der Waals surface area contributed by atoms with E-state index in [1.165, 1.54) is 22.1 Å². The van der Waals surface area contributed by atoms with Crippen molar-refractivity contribution < 1.29 is 17.9 Å². The molecule has 1 saturated heterocycles. The molecule has 0 radical (unpaired) electrons. The van der Waals surface area contributed by atoms with Gasteiger partial charge in [0.15, 0.2) is 0 Å². The van der Waals surface area contributed by atoms with E-state index >= 15 is 0 Å². The fraction of sp³-hybridized carbons (Fsp3) is 0.933. The minimum atomic E-state index is -3.47. The SMILES string of the molecule is COCC(N)C(=O)N1CCN(S(=O)(=O)N(C)C2CCCCC2)CC1.Cl. The summed E-state index contributed by atoms with van der Waals surface area (Å²) in [4.78, 5) is 13.8. The lowest BCUT2D eigenvalue weighted by atomic mass is 9.96. The number of methoxy groups -OCH3 is 1. The second-order valence-corrected chi connectivity index (χ2v) is 8.59. The zero-order valence-electron chi connectivity index (χ0n) is 15.1. The number of ether oxygens (including phenoxy) is 1. The third-order valence-electron chi connectivity index (χ3n) is 4.99. The maximum Gasteiger partial charge on any atom is 0.282 e.